The Kier molecular flexibility index (Phi) is 7.09. The molecule has 0 unspecified atom stereocenters. The number of anilines is 1. The van der Waals surface area contributed by atoms with Crippen molar-refractivity contribution < 1.29 is 19.1 Å². The van der Waals surface area contributed by atoms with E-state index < -0.39 is 18.5 Å². The average Bonchev–Trinajstić information content (AvgIpc) is 2.75. The SMILES string of the molecule is CC(C)c1ccc(C(=O)OCC(=O)Nc2cc(Cl)ccc2Oc2ccccc2)cc1. The molecule has 3 aromatic carbocycles. The molecule has 154 valence electrons. The van der Waals surface area contributed by atoms with E-state index in [-0.39, 0.29) is 0 Å². The van der Waals surface area contributed by atoms with Crippen LogP contribution in [0.5, 0.6) is 11.5 Å². The van der Waals surface area contributed by atoms with Gasteiger partial charge in [0.25, 0.3) is 5.91 Å². The van der Waals surface area contributed by atoms with Crippen LogP contribution in [0, 0.1) is 0 Å². The Morgan fingerprint density at radius 2 is 1.67 bits per heavy atom. The van der Waals surface area contributed by atoms with Gasteiger partial charge in [-0.1, -0.05) is 55.8 Å². The topological polar surface area (TPSA) is 64.6 Å². The third-order valence-electron chi connectivity index (χ3n) is 4.33. The molecule has 1 amide bonds. The van der Waals surface area contributed by atoms with E-state index in [9.17, 15) is 9.59 Å². The number of benzene rings is 3. The van der Waals surface area contributed by atoms with Crippen molar-refractivity contribution in [2.45, 2.75) is 19.8 Å². The van der Waals surface area contributed by atoms with Crippen molar-refractivity contribution in [2.24, 2.45) is 0 Å². The van der Waals surface area contributed by atoms with E-state index in [2.05, 4.69) is 19.2 Å². The summed E-state index contributed by atoms with van der Waals surface area (Å²) in [4.78, 5) is 24.5. The summed E-state index contributed by atoms with van der Waals surface area (Å²) in [5, 5.41) is 3.11. The van der Waals surface area contributed by atoms with Crippen LogP contribution in [-0.2, 0) is 9.53 Å². The monoisotopic (exact) mass is 423 g/mol. The highest BCUT2D eigenvalue weighted by molar-refractivity contribution is 6.31. The van der Waals surface area contributed by atoms with Gasteiger partial charge in [0, 0.05) is 5.02 Å². The lowest BCUT2D eigenvalue weighted by molar-refractivity contribution is -0.119. The third kappa shape index (κ3) is 5.84. The highest BCUT2D eigenvalue weighted by Gasteiger charge is 2.14. The third-order valence-corrected chi connectivity index (χ3v) is 4.57. The van der Waals surface area contributed by atoms with E-state index in [4.69, 9.17) is 21.1 Å². The second-order valence-electron chi connectivity index (χ2n) is 6.96. The zero-order valence-electron chi connectivity index (χ0n) is 16.7. The largest absolute Gasteiger partial charge is 0.455 e. The van der Waals surface area contributed by atoms with Gasteiger partial charge in [-0.05, 0) is 53.9 Å². The molecule has 6 heteroatoms. The number of hydrogen-bond donors (Lipinski definition) is 1. The van der Waals surface area contributed by atoms with Gasteiger partial charge in [-0.25, -0.2) is 4.79 Å². The number of para-hydroxylation sites is 1. The second-order valence-corrected chi connectivity index (χ2v) is 7.39. The zero-order chi connectivity index (χ0) is 21.5. The van der Waals surface area contributed by atoms with E-state index in [0.29, 0.717) is 33.7 Å². The number of nitrogens with one attached hydrogen (secondary N) is 1. The number of esters is 1. The molecular formula is C24H22ClNO4. The van der Waals surface area contributed by atoms with Crippen molar-refractivity contribution in [3.05, 3.63) is 88.9 Å². The molecule has 0 aliphatic carbocycles. The van der Waals surface area contributed by atoms with Crippen molar-refractivity contribution >= 4 is 29.2 Å². The summed E-state index contributed by atoms with van der Waals surface area (Å²) >= 11 is 6.05. The molecule has 0 saturated heterocycles. The molecule has 3 rings (SSSR count). The van der Waals surface area contributed by atoms with Gasteiger partial charge in [-0.3, -0.25) is 4.79 Å². The lowest BCUT2D eigenvalue weighted by Crippen LogP contribution is -2.21. The maximum atomic E-state index is 12.3. The van der Waals surface area contributed by atoms with Gasteiger partial charge in [0.05, 0.1) is 11.3 Å². The molecule has 0 aliphatic rings. The van der Waals surface area contributed by atoms with Crippen LogP contribution in [0.4, 0.5) is 5.69 Å². The Hall–Kier alpha value is -3.31. The number of halogens is 1. The van der Waals surface area contributed by atoms with Crippen molar-refractivity contribution in [1.82, 2.24) is 0 Å². The molecule has 0 aromatic heterocycles. The summed E-state index contributed by atoms with van der Waals surface area (Å²) < 4.78 is 10.9. The molecule has 0 fully saturated rings. The van der Waals surface area contributed by atoms with E-state index >= 15 is 0 Å². The maximum absolute atomic E-state index is 12.3. The number of ether oxygens (including phenoxy) is 2. The maximum Gasteiger partial charge on any atom is 0.338 e. The van der Waals surface area contributed by atoms with E-state index in [1.54, 1.807) is 42.5 Å². The predicted octanol–water partition coefficient (Wildman–Crippen LogP) is 6.05. The molecule has 3 aromatic rings. The molecule has 0 heterocycles. The molecule has 30 heavy (non-hydrogen) atoms. The van der Waals surface area contributed by atoms with Crippen LogP contribution in [0.15, 0.2) is 72.8 Å². The van der Waals surface area contributed by atoms with Crippen LogP contribution < -0.4 is 10.1 Å². The van der Waals surface area contributed by atoms with Gasteiger partial charge in [-0.2, -0.15) is 0 Å². The zero-order valence-corrected chi connectivity index (χ0v) is 17.5. The van der Waals surface area contributed by atoms with Crippen molar-refractivity contribution in [1.29, 1.82) is 0 Å². The van der Waals surface area contributed by atoms with E-state index in [0.717, 1.165) is 5.56 Å². The minimum absolute atomic E-state index is 0.367. The first-order chi connectivity index (χ1) is 14.4. The Morgan fingerprint density at radius 3 is 2.33 bits per heavy atom. The number of rotatable bonds is 7. The van der Waals surface area contributed by atoms with Crippen LogP contribution >= 0.6 is 11.6 Å². The summed E-state index contributed by atoms with van der Waals surface area (Å²) in [6, 6.07) is 21.2. The first-order valence-corrected chi connectivity index (χ1v) is 9.89. The van der Waals surface area contributed by atoms with Gasteiger partial charge < -0.3 is 14.8 Å². The summed E-state index contributed by atoms with van der Waals surface area (Å²) in [7, 11) is 0. The Balaban J connectivity index is 1.61. The minimum atomic E-state index is -0.563. The van der Waals surface area contributed by atoms with Crippen molar-refractivity contribution in [3.63, 3.8) is 0 Å². The fraction of sp³-hybridized carbons (Fsp3) is 0.167. The summed E-state index contributed by atoms with van der Waals surface area (Å²) in [6.07, 6.45) is 0. The van der Waals surface area contributed by atoms with Crippen LogP contribution in [0.2, 0.25) is 5.02 Å². The van der Waals surface area contributed by atoms with Gasteiger partial charge >= 0.3 is 5.97 Å². The average molecular weight is 424 g/mol. The van der Waals surface area contributed by atoms with Crippen LogP contribution in [-0.4, -0.2) is 18.5 Å². The molecule has 0 bridgehead atoms. The molecule has 0 saturated carbocycles. The number of amides is 1. The first-order valence-electron chi connectivity index (χ1n) is 9.52. The van der Waals surface area contributed by atoms with Crippen LogP contribution in [0.1, 0.15) is 35.7 Å². The number of hydrogen-bond acceptors (Lipinski definition) is 4. The predicted molar refractivity (Wildman–Crippen MR) is 117 cm³/mol. The normalized spacial score (nSPS) is 10.5. The fourth-order valence-electron chi connectivity index (χ4n) is 2.71. The number of carbonyl (C=O) groups is 2. The summed E-state index contributed by atoms with van der Waals surface area (Å²) in [5.74, 6) is 0.349. The lowest BCUT2D eigenvalue weighted by Gasteiger charge is -2.13. The van der Waals surface area contributed by atoms with Crippen molar-refractivity contribution in [3.8, 4) is 11.5 Å². The molecule has 0 radical (unpaired) electrons. The van der Waals surface area contributed by atoms with Crippen LogP contribution in [0.25, 0.3) is 0 Å². The molecule has 0 atom stereocenters. The Morgan fingerprint density at radius 1 is 0.967 bits per heavy atom. The lowest BCUT2D eigenvalue weighted by atomic mass is 10.0. The Bertz CT molecular complexity index is 1020. The Labute approximate surface area is 180 Å². The van der Waals surface area contributed by atoms with E-state index in [1.165, 1.54) is 0 Å². The van der Waals surface area contributed by atoms with Crippen molar-refractivity contribution in [2.75, 3.05) is 11.9 Å². The molecular weight excluding hydrogens is 402 g/mol. The fourth-order valence-corrected chi connectivity index (χ4v) is 2.88. The molecule has 0 aliphatic heterocycles. The molecule has 1 N–H and O–H groups in total. The highest BCUT2D eigenvalue weighted by Crippen LogP contribution is 2.32. The first kappa shape index (κ1) is 21.4. The summed E-state index contributed by atoms with van der Waals surface area (Å²) in [6.45, 7) is 3.72. The quantitative estimate of drug-likeness (QED) is 0.470. The molecule has 5 nitrogen and oxygen atoms in total. The van der Waals surface area contributed by atoms with Gasteiger partial charge in [0.1, 0.15) is 5.75 Å². The number of carbonyl (C=O) groups excluding carboxylic acids is 2. The second kappa shape index (κ2) is 9.94. The minimum Gasteiger partial charge on any atom is -0.455 e. The smallest absolute Gasteiger partial charge is 0.338 e. The molecule has 0 spiro atoms. The van der Waals surface area contributed by atoms with Crippen LogP contribution in [0.3, 0.4) is 0 Å². The van der Waals surface area contributed by atoms with E-state index in [1.807, 2.05) is 30.3 Å². The standard InChI is InChI=1S/C24H22ClNO4/c1-16(2)17-8-10-18(11-9-17)24(28)29-15-23(27)26-21-14-19(25)12-13-22(21)30-20-6-4-3-5-7-20/h3-14,16H,15H2,1-2H3,(H,26,27). The van der Waals surface area contributed by atoms with Gasteiger partial charge in [0.15, 0.2) is 12.4 Å². The highest BCUT2D eigenvalue weighted by atomic mass is 35.5. The summed E-state index contributed by atoms with van der Waals surface area (Å²) in [5.41, 5.74) is 1.90. The van der Waals surface area contributed by atoms with Gasteiger partial charge in [0.2, 0.25) is 0 Å². The van der Waals surface area contributed by atoms with Gasteiger partial charge in [-0.15, -0.1) is 0 Å².